The maximum Gasteiger partial charge on any atom is 0.249 e. The van der Waals surface area contributed by atoms with Gasteiger partial charge in [0.2, 0.25) is 5.91 Å². The van der Waals surface area contributed by atoms with Crippen molar-refractivity contribution in [1.29, 1.82) is 0 Å². The lowest BCUT2D eigenvalue weighted by molar-refractivity contribution is -0.119. The standard InChI is InChI=1S/C22H23N3OS/c1-14-12-18-6-4-5-7-21(18)25(14)22(26)15(2)23-19-10-8-17(9-11-19)20-13-27-16(3)24-20/h4-11,13-15,23H,12H2,1-3H3. The zero-order valence-electron chi connectivity index (χ0n) is 15.8. The van der Waals surface area contributed by atoms with Gasteiger partial charge < -0.3 is 10.2 Å². The number of hydrogen-bond acceptors (Lipinski definition) is 4. The Bertz CT molecular complexity index is 964. The molecule has 3 aromatic rings. The summed E-state index contributed by atoms with van der Waals surface area (Å²) in [7, 11) is 0. The zero-order valence-corrected chi connectivity index (χ0v) is 16.6. The monoisotopic (exact) mass is 377 g/mol. The molecular weight excluding hydrogens is 354 g/mol. The number of aromatic nitrogens is 1. The summed E-state index contributed by atoms with van der Waals surface area (Å²) < 4.78 is 0. The van der Waals surface area contributed by atoms with E-state index in [0.717, 1.165) is 34.1 Å². The second-order valence-corrected chi connectivity index (χ2v) is 8.15. The number of carbonyl (C=O) groups is 1. The van der Waals surface area contributed by atoms with E-state index in [1.807, 2.05) is 61.2 Å². The largest absolute Gasteiger partial charge is 0.374 e. The number of para-hydroxylation sites is 1. The van der Waals surface area contributed by atoms with Gasteiger partial charge in [0, 0.05) is 28.4 Å². The van der Waals surface area contributed by atoms with Crippen LogP contribution in [0, 0.1) is 6.92 Å². The summed E-state index contributed by atoms with van der Waals surface area (Å²) in [6.45, 7) is 6.04. The zero-order chi connectivity index (χ0) is 19.0. The van der Waals surface area contributed by atoms with E-state index in [2.05, 4.69) is 28.7 Å². The van der Waals surface area contributed by atoms with Crippen LogP contribution in [0.2, 0.25) is 0 Å². The lowest BCUT2D eigenvalue weighted by atomic mass is 10.1. The van der Waals surface area contributed by atoms with Crippen molar-refractivity contribution in [3.63, 3.8) is 0 Å². The highest BCUT2D eigenvalue weighted by Gasteiger charge is 2.32. The summed E-state index contributed by atoms with van der Waals surface area (Å²) in [6, 6.07) is 16.2. The van der Waals surface area contributed by atoms with Crippen molar-refractivity contribution in [3.05, 3.63) is 64.5 Å². The smallest absolute Gasteiger partial charge is 0.249 e. The second kappa shape index (κ2) is 7.16. The minimum Gasteiger partial charge on any atom is -0.374 e. The van der Waals surface area contributed by atoms with E-state index in [1.54, 1.807) is 11.3 Å². The van der Waals surface area contributed by atoms with Crippen molar-refractivity contribution >= 4 is 28.6 Å². The number of fused-ring (bicyclic) bond motifs is 1. The van der Waals surface area contributed by atoms with Gasteiger partial charge in [-0.25, -0.2) is 4.98 Å². The number of thiazole rings is 1. The fourth-order valence-electron chi connectivity index (χ4n) is 3.65. The van der Waals surface area contributed by atoms with Gasteiger partial charge in [-0.05, 0) is 51.0 Å². The lowest BCUT2D eigenvalue weighted by Crippen LogP contribution is -2.44. The fourth-order valence-corrected chi connectivity index (χ4v) is 4.28. The van der Waals surface area contributed by atoms with Crippen LogP contribution in [-0.2, 0) is 11.2 Å². The quantitative estimate of drug-likeness (QED) is 0.704. The van der Waals surface area contributed by atoms with Crippen molar-refractivity contribution in [2.45, 2.75) is 39.3 Å². The summed E-state index contributed by atoms with van der Waals surface area (Å²) in [5, 5.41) is 6.47. The number of benzene rings is 2. The maximum atomic E-state index is 13.1. The summed E-state index contributed by atoms with van der Waals surface area (Å²) in [5.74, 6) is 0.103. The summed E-state index contributed by atoms with van der Waals surface area (Å²) >= 11 is 1.65. The number of amides is 1. The summed E-state index contributed by atoms with van der Waals surface area (Å²) in [6.07, 6.45) is 0.913. The predicted octanol–water partition coefficient (Wildman–Crippen LogP) is 4.90. The first-order valence-electron chi connectivity index (χ1n) is 9.23. The third-order valence-electron chi connectivity index (χ3n) is 5.00. The molecule has 0 saturated carbocycles. The highest BCUT2D eigenvalue weighted by atomic mass is 32.1. The van der Waals surface area contributed by atoms with E-state index in [9.17, 15) is 4.79 Å². The third kappa shape index (κ3) is 3.47. The molecule has 5 heteroatoms. The Labute approximate surface area is 163 Å². The van der Waals surface area contributed by atoms with Crippen molar-refractivity contribution in [2.75, 3.05) is 10.2 Å². The number of rotatable bonds is 4. The molecule has 1 aliphatic heterocycles. The van der Waals surface area contributed by atoms with E-state index < -0.39 is 0 Å². The van der Waals surface area contributed by atoms with E-state index in [0.29, 0.717) is 0 Å². The van der Waals surface area contributed by atoms with Gasteiger partial charge in [-0.2, -0.15) is 0 Å². The van der Waals surface area contributed by atoms with Gasteiger partial charge >= 0.3 is 0 Å². The molecule has 0 spiro atoms. The third-order valence-corrected chi connectivity index (χ3v) is 5.77. The molecule has 0 radical (unpaired) electrons. The summed E-state index contributed by atoms with van der Waals surface area (Å²) in [4.78, 5) is 19.5. The first-order chi connectivity index (χ1) is 13.0. The normalized spacial score (nSPS) is 16.9. The van der Waals surface area contributed by atoms with Gasteiger partial charge in [-0.3, -0.25) is 4.79 Å². The first kappa shape index (κ1) is 17.7. The second-order valence-electron chi connectivity index (χ2n) is 7.09. The number of anilines is 2. The molecule has 1 amide bonds. The molecule has 0 fully saturated rings. The molecule has 2 unspecified atom stereocenters. The molecular formula is C22H23N3OS. The highest BCUT2D eigenvalue weighted by Crippen LogP contribution is 2.32. The van der Waals surface area contributed by atoms with Crippen LogP contribution >= 0.6 is 11.3 Å². The van der Waals surface area contributed by atoms with Gasteiger partial charge in [0.1, 0.15) is 6.04 Å². The molecule has 138 valence electrons. The van der Waals surface area contributed by atoms with Crippen molar-refractivity contribution < 1.29 is 4.79 Å². The number of nitrogens with zero attached hydrogens (tertiary/aromatic N) is 2. The Morgan fingerprint density at radius 1 is 1.22 bits per heavy atom. The van der Waals surface area contributed by atoms with Crippen molar-refractivity contribution in [3.8, 4) is 11.3 Å². The number of carbonyl (C=O) groups excluding carboxylic acids is 1. The molecule has 4 nitrogen and oxygen atoms in total. The topological polar surface area (TPSA) is 45.2 Å². The van der Waals surface area contributed by atoms with Crippen LogP contribution in [0.1, 0.15) is 24.4 Å². The first-order valence-corrected chi connectivity index (χ1v) is 10.1. The van der Waals surface area contributed by atoms with Gasteiger partial charge in [0.05, 0.1) is 10.7 Å². The minimum absolute atomic E-state index is 0.103. The molecule has 2 atom stereocenters. The van der Waals surface area contributed by atoms with Crippen LogP contribution in [-0.4, -0.2) is 23.0 Å². The molecule has 0 saturated heterocycles. The summed E-state index contributed by atoms with van der Waals surface area (Å²) in [5.41, 5.74) is 5.31. The van der Waals surface area contributed by atoms with Gasteiger partial charge in [0.25, 0.3) is 0 Å². The van der Waals surface area contributed by atoms with Gasteiger partial charge in [0.15, 0.2) is 0 Å². The fraction of sp³-hybridized carbons (Fsp3) is 0.273. The number of nitrogens with one attached hydrogen (secondary N) is 1. The Balaban J connectivity index is 1.47. The highest BCUT2D eigenvalue weighted by molar-refractivity contribution is 7.09. The SMILES string of the molecule is Cc1nc(-c2ccc(NC(C)C(=O)N3c4ccccc4CC3C)cc2)cs1. The number of hydrogen-bond donors (Lipinski definition) is 1. The Kier molecular flexibility index (Phi) is 4.70. The van der Waals surface area contributed by atoms with Crippen LogP contribution in [0.5, 0.6) is 0 Å². The Morgan fingerprint density at radius 2 is 1.96 bits per heavy atom. The van der Waals surface area contributed by atoms with Crippen LogP contribution in [0.4, 0.5) is 11.4 Å². The molecule has 2 heterocycles. The predicted molar refractivity (Wildman–Crippen MR) is 112 cm³/mol. The number of aryl methyl sites for hydroxylation is 1. The van der Waals surface area contributed by atoms with Crippen molar-refractivity contribution in [1.82, 2.24) is 4.98 Å². The molecule has 0 bridgehead atoms. The van der Waals surface area contributed by atoms with Crippen LogP contribution < -0.4 is 10.2 Å². The van der Waals surface area contributed by atoms with E-state index >= 15 is 0 Å². The van der Waals surface area contributed by atoms with Crippen LogP contribution in [0.3, 0.4) is 0 Å². The van der Waals surface area contributed by atoms with Crippen LogP contribution in [0.25, 0.3) is 11.3 Å². The molecule has 27 heavy (non-hydrogen) atoms. The van der Waals surface area contributed by atoms with Gasteiger partial charge in [-0.15, -0.1) is 11.3 Å². The van der Waals surface area contributed by atoms with E-state index in [1.165, 1.54) is 5.56 Å². The minimum atomic E-state index is -0.300. The van der Waals surface area contributed by atoms with Gasteiger partial charge in [-0.1, -0.05) is 30.3 Å². The molecule has 0 aliphatic carbocycles. The van der Waals surface area contributed by atoms with E-state index in [-0.39, 0.29) is 18.0 Å². The van der Waals surface area contributed by atoms with Crippen LogP contribution in [0.15, 0.2) is 53.9 Å². The van der Waals surface area contributed by atoms with Crippen molar-refractivity contribution in [2.24, 2.45) is 0 Å². The average Bonchev–Trinajstić information content (AvgIpc) is 3.24. The molecule has 4 rings (SSSR count). The Hall–Kier alpha value is -2.66. The molecule has 1 aromatic heterocycles. The lowest BCUT2D eigenvalue weighted by Gasteiger charge is -2.27. The molecule has 1 aliphatic rings. The Morgan fingerprint density at radius 3 is 2.67 bits per heavy atom. The average molecular weight is 378 g/mol. The molecule has 1 N–H and O–H groups in total. The molecule has 2 aromatic carbocycles. The van der Waals surface area contributed by atoms with E-state index in [4.69, 9.17) is 0 Å². The maximum absolute atomic E-state index is 13.1.